The molecule has 0 spiro atoms. The Morgan fingerprint density at radius 3 is 2.86 bits per heavy atom. The van der Waals surface area contributed by atoms with Crippen LogP contribution in [0.5, 0.6) is 5.75 Å². The molecule has 1 aliphatic heterocycles. The smallest absolute Gasteiger partial charge is 0.246 e. The van der Waals surface area contributed by atoms with E-state index in [2.05, 4.69) is 10.6 Å². The predicted molar refractivity (Wildman–Crippen MR) is 80.6 cm³/mol. The minimum Gasteiger partial charge on any atom is -0.490 e. The van der Waals surface area contributed by atoms with E-state index in [9.17, 15) is 4.79 Å². The Balaban J connectivity index is 1.71. The third-order valence-electron chi connectivity index (χ3n) is 4.36. The molecule has 0 aromatic heterocycles. The number of hydrogen-bond acceptors (Lipinski definition) is 4. The number of likely N-dealkylation sites (N-methyl/N-ethyl adjacent to an activating group) is 1. The van der Waals surface area contributed by atoms with Gasteiger partial charge < -0.3 is 20.1 Å². The Morgan fingerprint density at radius 2 is 2.10 bits per heavy atom. The molecule has 5 heteroatoms. The van der Waals surface area contributed by atoms with E-state index in [-0.39, 0.29) is 18.1 Å². The minimum atomic E-state index is -0.262. The van der Waals surface area contributed by atoms with Gasteiger partial charge in [-0.15, -0.1) is 0 Å². The number of amides is 1. The summed E-state index contributed by atoms with van der Waals surface area (Å²) in [7, 11) is 3.55. The summed E-state index contributed by atoms with van der Waals surface area (Å²) < 4.78 is 11.5. The van der Waals surface area contributed by atoms with Gasteiger partial charge in [0.25, 0.3) is 0 Å². The molecule has 0 radical (unpaired) electrons. The van der Waals surface area contributed by atoms with Gasteiger partial charge in [-0.25, -0.2) is 0 Å². The molecule has 21 heavy (non-hydrogen) atoms. The maximum Gasteiger partial charge on any atom is 0.246 e. The van der Waals surface area contributed by atoms with E-state index in [1.165, 1.54) is 0 Å². The Kier molecular flexibility index (Phi) is 4.12. The van der Waals surface area contributed by atoms with Gasteiger partial charge in [0.1, 0.15) is 17.9 Å². The van der Waals surface area contributed by atoms with Gasteiger partial charge >= 0.3 is 0 Å². The quantitative estimate of drug-likeness (QED) is 0.893. The third-order valence-corrected chi connectivity index (χ3v) is 4.36. The van der Waals surface area contributed by atoms with Crippen molar-refractivity contribution in [1.29, 1.82) is 0 Å². The summed E-state index contributed by atoms with van der Waals surface area (Å²) in [5.41, 5.74) is 1.82. The van der Waals surface area contributed by atoms with E-state index in [1.807, 2.05) is 18.2 Å². The molecule has 3 rings (SSSR count). The lowest BCUT2D eigenvalue weighted by Crippen LogP contribution is -2.29. The van der Waals surface area contributed by atoms with Crippen molar-refractivity contribution in [2.75, 3.05) is 19.5 Å². The molecule has 0 saturated heterocycles. The van der Waals surface area contributed by atoms with Crippen LogP contribution in [0.1, 0.15) is 37.3 Å². The number of rotatable bonds is 4. The number of benzene rings is 1. The van der Waals surface area contributed by atoms with Crippen LogP contribution in [0.2, 0.25) is 0 Å². The topological polar surface area (TPSA) is 59.6 Å². The lowest BCUT2D eigenvalue weighted by Gasteiger charge is -2.28. The highest BCUT2D eigenvalue weighted by Crippen LogP contribution is 2.34. The molecule has 1 saturated carbocycles. The fourth-order valence-corrected chi connectivity index (χ4v) is 3.22. The molecule has 1 aliphatic carbocycles. The Labute approximate surface area is 125 Å². The molecule has 2 aliphatic rings. The van der Waals surface area contributed by atoms with Gasteiger partial charge in [-0.1, -0.05) is 6.07 Å². The first-order chi connectivity index (χ1) is 10.2. The second kappa shape index (κ2) is 6.03. The number of fused-ring (bicyclic) bond motifs is 1. The molecule has 1 amide bonds. The van der Waals surface area contributed by atoms with E-state index < -0.39 is 0 Å². The van der Waals surface area contributed by atoms with Crippen molar-refractivity contribution in [3.63, 3.8) is 0 Å². The van der Waals surface area contributed by atoms with Crippen LogP contribution in [0.3, 0.4) is 0 Å². The average molecular weight is 290 g/mol. The van der Waals surface area contributed by atoms with Crippen molar-refractivity contribution in [3.8, 4) is 5.75 Å². The predicted octanol–water partition coefficient (Wildman–Crippen LogP) is 2.24. The van der Waals surface area contributed by atoms with Crippen molar-refractivity contribution in [2.24, 2.45) is 0 Å². The molecule has 1 heterocycles. The molecule has 1 aromatic rings. The molecule has 2 N–H and O–H groups in total. The maximum atomic E-state index is 11.8. The van der Waals surface area contributed by atoms with Crippen molar-refractivity contribution >= 4 is 11.6 Å². The summed E-state index contributed by atoms with van der Waals surface area (Å²) in [4.78, 5) is 11.8. The summed E-state index contributed by atoms with van der Waals surface area (Å²) in [6.45, 7) is 0. The van der Waals surface area contributed by atoms with Crippen LogP contribution in [0.4, 0.5) is 5.69 Å². The van der Waals surface area contributed by atoms with Gasteiger partial charge in [-0.2, -0.15) is 0 Å². The van der Waals surface area contributed by atoms with Crippen LogP contribution >= 0.6 is 0 Å². The SMILES string of the molecule is CNC1C(=O)Nc2cc(OC3CCCC(OC)C3)ccc21. The Bertz CT molecular complexity index is 532. The number of nitrogens with one attached hydrogen (secondary N) is 2. The number of methoxy groups -OCH3 is 1. The summed E-state index contributed by atoms with van der Waals surface area (Å²) in [5.74, 6) is 0.800. The van der Waals surface area contributed by atoms with Crippen molar-refractivity contribution in [2.45, 2.75) is 43.9 Å². The lowest BCUT2D eigenvalue weighted by atomic mass is 9.95. The first-order valence-electron chi connectivity index (χ1n) is 7.52. The minimum absolute atomic E-state index is 0.0123. The fourth-order valence-electron chi connectivity index (χ4n) is 3.22. The molecular weight excluding hydrogens is 268 g/mol. The van der Waals surface area contributed by atoms with Crippen molar-refractivity contribution in [1.82, 2.24) is 5.32 Å². The monoisotopic (exact) mass is 290 g/mol. The number of hydrogen-bond donors (Lipinski definition) is 2. The van der Waals surface area contributed by atoms with Crippen LogP contribution in [-0.2, 0) is 9.53 Å². The molecule has 114 valence electrons. The highest BCUT2D eigenvalue weighted by molar-refractivity contribution is 6.02. The van der Waals surface area contributed by atoms with Gasteiger partial charge in [0, 0.05) is 30.8 Å². The zero-order valence-corrected chi connectivity index (χ0v) is 12.5. The number of carbonyl (C=O) groups excluding carboxylic acids is 1. The number of carbonyl (C=O) groups is 1. The fraction of sp³-hybridized carbons (Fsp3) is 0.562. The van der Waals surface area contributed by atoms with Crippen LogP contribution < -0.4 is 15.4 Å². The molecule has 1 fully saturated rings. The van der Waals surface area contributed by atoms with Gasteiger partial charge in [-0.3, -0.25) is 4.79 Å². The summed E-state index contributed by atoms with van der Waals surface area (Å²) in [6.07, 6.45) is 4.72. The van der Waals surface area contributed by atoms with E-state index in [1.54, 1.807) is 14.2 Å². The van der Waals surface area contributed by atoms with Gasteiger partial charge in [0.15, 0.2) is 0 Å². The highest BCUT2D eigenvalue weighted by Gasteiger charge is 2.30. The number of anilines is 1. The van der Waals surface area contributed by atoms with Gasteiger partial charge in [0.2, 0.25) is 5.91 Å². The highest BCUT2D eigenvalue weighted by atomic mass is 16.5. The normalized spacial score (nSPS) is 28.1. The molecule has 3 atom stereocenters. The molecular formula is C16H22N2O3. The zero-order valence-electron chi connectivity index (χ0n) is 12.5. The molecule has 1 aromatic carbocycles. The second-order valence-corrected chi connectivity index (χ2v) is 5.72. The van der Waals surface area contributed by atoms with Crippen LogP contribution in [0.15, 0.2) is 18.2 Å². The first kappa shape index (κ1) is 14.4. The second-order valence-electron chi connectivity index (χ2n) is 5.72. The van der Waals surface area contributed by atoms with Crippen molar-refractivity contribution in [3.05, 3.63) is 23.8 Å². The Morgan fingerprint density at radius 1 is 1.29 bits per heavy atom. The first-order valence-corrected chi connectivity index (χ1v) is 7.52. The summed E-state index contributed by atoms with van der Waals surface area (Å²) in [5, 5.41) is 5.90. The molecule has 5 nitrogen and oxygen atoms in total. The molecule has 0 bridgehead atoms. The summed E-state index contributed by atoms with van der Waals surface area (Å²) in [6, 6.07) is 5.56. The van der Waals surface area contributed by atoms with Gasteiger partial charge in [-0.05, 0) is 32.4 Å². The average Bonchev–Trinajstić information content (AvgIpc) is 2.81. The maximum absolute atomic E-state index is 11.8. The van der Waals surface area contributed by atoms with E-state index in [0.717, 1.165) is 42.7 Å². The largest absolute Gasteiger partial charge is 0.490 e. The van der Waals surface area contributed by atoms with Crippen molar-refractivity contribution < 1.29 is 14.3 Å². The lowest BCUT2D eigenvalue weighted by molar-refractivity contribution is -0.117. The van der Waals surface area contributed by atoms with Crippen LogP contribution in [-0.4, -0.2) is 32.3 Å². The zero-order chi connectivity index (χ0) is 14.8. The standard InChI is InChI=1S/C16H22N2O3/c1-17-15-13-7-6-12(9-14(13)18-16(15)19)21-11-5-3-4-10(8-11)20-2/h6-7,9-11,15,17H,3-5,8H2,1-2H3,(H,18,19). The van der Waals surface area contributed by atoms with Crippen LogP contribution in [0.25, 0.3) is 0 Å². The van der Waals surface area contributed by atoms with Crippen LogP contribution in [0, 0.1) is 0 Å². The van der Waals surface area contributed by atoms with E-state index >= 15 is 0 Å². The third kappa shape index (κ3) is 2.89. The van der Waals surface area contributed by atoms with E-state index in [4.69, 9.17) is 9.47 Å². The number of ether oxygens (including phenoxy) is 2. The Hall–Kier alpha value is -1.59. The summed E-state index contributed by atoms with van der Waals surface area (Å²) >= 11 is 0. The van der Waals surface area contributed by atoms with E-state index in [0.29, 0.717) is 6.10 Å². The van der Waals surface area contributed by atoms with Gasteiger partial charge in [0.05, 0.1) is 6.10 Å². The molecule has 3 unspecified atom stereocenters.